The van der Waals surface area contributed by atoms with Crippen LogP contribution in [0.5, 0.6) is 0 Å². The van der Waals surface area contributed by atoms with Crippen molar-refractivity contribution in [3.05, 3.63) is 12.4 Å². The SMILES string of the molecule is O=S(=O)(Nc1cnn(C2CCNCC2)c1)C1CC1. The first kappa shape index (κ1) is 12.0. The van der Waals surface area contributed by atoms with E-state index in [1.54, 1.807) is 12.4 Å². The van der Waals surface area contributed by atoms with Crippen LogP contribution in [0.3, 0.4) is 0 Å². The molecule has 0 amide bonds. The molecule has 2 aliphatic rings. The smallest absolute Gasteiger partial charge is 0.235 e. The van der Waals surface area contributed by atoms with E-state index in [9.17, 15) is 8.42 Å². The highest BCUT2D eigenvalue weighted by Gasteiger charge is 2.36. The molecule has 1 aliphatic carbocycles. The van der Waals surface area contributed by atoms with Gasteiger partial charge in [0.1, 0.15) is 0 Å². The van der Waals surface area contributed by atoms with Gasteiger partial charge in [-0.15, -0.1) is 0 Å². The normalized spacial score (nSPS) is 22.0. The summed E-state index contributed by atoms with van der Waals surface area (Å²) < 4.78 is 28.1. The number of nitrogens with zero attached hydrogens (tertiary/aromatic N) is 2. The van der Waals surface area contributed by atoms with Gasteiger partial charge in [-0.05, 0) is 38.8 Å². The molecule has 0 unspecified atom stereocenters. The van der Waals surface area contributed by atoms with Crippen LogP contribution in [0.1, 0.15) is 31.7 Å². The van der Waals surface area contributed by atoms with Crippen molar-refractivity contribution in [2.45, 2.75) is 37.0 Å². The van der Waals surface area contributed by atoms with Gasteiger partial charge in [0.15, 0.2) is 0 Å². The molecule has 1 aliphatic heterocycles. The Morgan fingerprint density at radius 1 is 1.28 bits per heavy atom. The molecule has 18 heavy (non-hydrogen) atoms. The highest BCUT2D eigenvalue weighted by molar-refractivity contribution is 7.93. The number of hydrogen-bond donors (Lipinski definition) is 2. The van der Waals surface area contributed by atoms with Gasteiger partial charge >= 0.3 is 0 Å². The van der Waals surface area contributed by atoms with Crippen LogP contribution in [0.25, 0.3) is 0 Å². The summed E-state index contributed by atoms with van der Waals surface area (Å²) in [6, 6.07) is 0.380. The average Bonchev–Trinajstić information content (AvgIpc) is 3.13. The van der Waals surface area contributed by atoms with Gasteiger partial charge in [-0.2, -0.15) is 5.10 Å². The van der Waals surface area contributed by atoms with E-state index in [2.05, 4.69) is 15.1 Å². The lowest BCUT2D eigenvalue weighted by molar-refractivity contribution is 0.343. The zero-order chi connectivity index (χ0) is 12.6. The monoisotopic (exact) mass is 270 g/mol. The molecular formula is C11H18N4O2S. The maximum atomic E-state index is 11.8. The zero-order valence-corrected chi connectivity index (χ0v) is 11.0. The highest BCUT2D eigenvalue weighted by atomic mass is 32.2. The quantitative estimate of drug-likeness (QED) is 0.845. The standard InChI is InChI=1S/C11H18N4O2S/c16-18(17,11-1-2-11)14-9-7-13-15(8-9)10-3-5-12-6-4-10/h7-8,10-12,14H,1-6H2. The summed E-state index contributed by atoms with van der Waals surface area (Å²) in [5.41, 5.74) is 0.584. The third-order valence-corrected chi connectivity index (χ3v) is 5.38. The van der Waals surface area contributed by atoms with Gasteiger partial charge in [-0.25, -0.2) is 8.42 Å². The number of anilines is 1. The van der Waals surface area contributed by atoms with Crippen LogP contribution < -0.4 is 10.0 Å². The summed E-state index contributed by atoms with van der Waals surface area (Å²) in [5.74, 6) is 0. The van der Waals surface area contributed by atoms with Gasteiger partial charge in [0.25, 0.3) is 0 Å². The molecule has 100 valence electrons. The predicted octanol–water partition coefficient (Wildman–Crippen LogP) is 0.712. The first-order valence-electron chi connectivity index (χ1n) is 6.42. The second kappa shape index (κ2) is 4.55. The topological polar surface area (TPSA) is 76.0 Å². The molecule has 1 aromatic rings. The molecule has 1 saturated heterocycles. The summed E-state index contributed by atoms with van der Waals surface area (Å²) in [5, 5.41) is 7.37. The molecule has 0 atom stereocenters. The van der Waals surface area contributed by atoms with Gasteiger partial charge < -0.3 is 5.32 Å². The molecule has 0 aromatic carbocycles. The third-order valence-electron chi connectivity index (χ3n) is 3.51. The van der Waals surface area contributed by atoms with Crippen LogP contribution in [-0.4, -0.2) is 36.5 Å². The third kappa shape index (κ3) is 2.51. The van der Waals surface area contributed by atoms with Gasteiger partial charge in [0.05, 0.1) is 23.2 Å². The zero-order valence-electron chi connectivity index (χ0n) is 10.2. The fourth-order valence-corrected chi connectivity index (χ4v) is 3.64. The molecular weight excluding hydrogens is 252 g/mol. The maximum absolute atomic E-state index is 11.8. The van der Waals surface area contributed by atoms with Crippen molar-refractivity contribution in [2.24, 2.45) is 0 Å². The van der Waals surface area contributed by atoms with Crippen LogP contribution in [-0.2, 0) is 10.0 Å². The first-order chi connectivity index (χ1) is 8.65. The van der Waals surface area contributed by atoms with E-state index in [-0.39, 0.29) is 5.25 Å². The maximum Gasteiger partial charge on any atom is 0.235 e. The molecule has 6 nitrogen and oxygen atoms in total. The van der Waals surface area contributed by atoms with Crippen LogP contribution in [0.15, 0.2) is 12.4 Å². The van der Waals surface area contributed by atoms with Crippen molar-refractivity contribution in [3.63, 3.8) is 0 Å². The number of hydrogen-bond acceptors (Lipinski definition) is 4. The summed E-state index contributed by atoms with van der Waals surface area (Å²) in [7, 11) is -3.17. The molecule has 0 radical (unpaired) electrons. The van der Waals surface area contributed by atoms with Gasteiger partial charge in [0.2, 0.25) is 10.0 Å². The van der Waals surface area contributed by atoms with E-state index in [0.29, 0.717) is 11.7 Å². The van der Waals surface area contributed by atoms with E-state index in [1.165, 1.54) is 0 Å². The Labute approximate surface area is 107 Å². The lowest BCUT2D eigenvalue weighted by Crippen LogP contribution is -2.29. The molecule has 1 aromatic heterocycles. The molecule has 0 bridgehead atoms. The molecule has 7 heteroatoms. The second-order valence-electron chi connectivity index (χ2n) is 5.04. The minimum atomic E-state index is -3.17. The fraction of sp³-hybridized carbons (Fsp3) is 0.727. The number of sulfonamides is 1. The van der Waals surface area contributed by atoms with Gasteiger partial charge in [0, 0.05) is 6.20 Å². The summed E-state index contributed by atoms with van der Waals surface area (Å²) in [6.45, 7) is 1.99. The summed E-state index contributed by atoms with van der Waals surface area (Å²) in [4.78, 5) is 0. The minimum absolute atomic E-state index is 0.195. The Balaban J connectivity index is 1.69. The number of aromatic nitrogens is 2. The molecule has 3 rings (SSSR count). The average molecular weight is 270 g/mol. The first-order valence-corrected chi connectivity index (χ1v) is 7.96. The predicted molar refractivity (Wildman–Crippen MR) is 68.9 cm³/mol. The van der Waals surface area contributed by atoms with Crippen LogP contribution >= 0.6 is 0 Å². The fourth-order valence-electron chi connectivity index (χ4n) is 2.29. The van der Waals surface area contributed by atoms with Crippen LogP contribution in [0.4, 0.5) is 5.69 Å². The van der Waals surface area contributed by atoms with E-state index < -0.39 is 10.0 Å². The van der Waals surface area contributed by atoms with Crippen LogP contribution in [0, 0.1) is 0 Å². The molecule has 0 spiro atoms. The highest BCUT2D eigenvalue weighted by Crippen LogP contribution is 2.30. The minimum Gasteiger partial charge on any atom is -0.317 e. The lowest BCUT2D eigenvalue weighted by atomic mass is 10.1. The lowest BCUT2D eigenvalue weighted by Gasteiger charge is -2.22. The van der Waals surface area contributed by atoms with Crippen molar-refractivity contribution in [3.8, 4) is 0 Å². The van der Waals surface area contributed by atoms with E-state index >= 15 is 0 Å². The Kier molecular flexibility index (Phi) is 3.03. The number of piperidine rings is 1. The van der Waals surface area contributed by atoms with Gasteiger partial charge in [-0.3, -0.25) is 9.40 Å². The number of nitrogens with one attached hydrogen (secondary N) is 2. The van der Waals surface area contributed by atoms with Crippen molar-refractivity contribution < 1.29 is 8.42 Å². The largest absolute Gasteiger partial charge is 0.317 e. The Hall–Kier alpha value is -1.08. The summed E-state index contributed by atoms with van der Waals surface area (Å²) >= 11 is 0. The van der Waals surface area contributed by atoms with Crippen molar-refractivity contribution in [1.29, 1.82) is 0 Å². The van der Waals surface area contributed by atoms with Crippen molar-refractivity contribution in [2.75, 3.05) is 17.8 Å². The molecule has 1 saturated carbocycles. The van der Waals surface area contributed by atoms with E-state index in [4.69, 9.17) is 0 Å². The Morgan fingerprint density at radius 3 is 2.67 bits per heavy atom. The molecule has 2 fully saturated rings. The van der Waals surface area contributed by atoms with Crippen molar-refractivity contribution in [1.82, 2.24) is 15.1 Å². The Bertz CT molecular complexity index is 515. The summed E-state index contributed by atoms with van der Waals surface area (Å²) in [6.07, 6.45) is 7.03. The second-order valence-corrected chi connectivity index (χ2v) is 7.00. The van der Waals surface area contributed by atoms with Gasteiger partial charge in [-0.1, -0.05) is 0 Å². The number of rotatable bonds is 4. The Morgan fingerprint density at radius 2 is 2.00 bits per heavy atom. The van der Waals surface area contributed by atoms with E-state index in [1.807, 2.05) is 4.68 Å². The van der Waals surface area contributed by atoms with E-state index in [0.717, 1.165) is 38.8 Å². The van der Waals surface area contributed by atoms with Crippen LogP contribution in [0.2, 0.25) is 0 Å². The molecule has 2 heterocycles. The molecule has 2 N–H and O–H groups in total. The van der Waals surface area contributed by atoms with Crippen molar-refractivity contribution >= 4 is 15.7 Å².